The second-order valence-electron chi connectivity index (χ2n) is 9.89. The van der Waals surface area contributed by atoms with E-state index in [-0.39, 0.29) is 29.4 Å². The van der Waals surface area contributed by atoms with Crippen molar-refractivity contribution in [2.45, 2.75) is 121 Å². The van der Waals surface area contributed by atoms with E-state index >= 15 is 0 Å². The lowest BCUT2D eigenvalue weighted by Crippen LogP contribution is -2.33. The zero-order valence-electron chi connectivity index (χ0n) is 19.6. The Bertz CT molecular complexity index is 660. The summed E-state index contributed by atoms with van der Waals surface area (Å²) in [6.45, 7) is 16.2. The van der Waals surface area contributed by atoms with E-state index in [0.29, 0.717) is 6.42 Å². The summed E-state index contributed by atoms with van der Waals surface area (Å²) in [6.07, 6.45) is 9.85. The molecule has 2 rings (SSSR count). The van der Waals surface area contributed by atoms with Gasteiger partial charge in [0.15, 0.2) is 0 Å². The van der Waals surface area contributed by atoms with Crippen LogP contribution in [0, 0.1) is 12.5 Å². The lowest BCUT2D eigenvalue weighted by atomic mass is 9.76. The van der Waals surface area contributed by atoms with Crippen LogP contribution in [0.25, 0.3) is 4.85 Å². The van der Waals surface area contributed by atoms with Crippen LogP contribution in [-0.2, 0) is 5.41 Å². The van der Waals surface area contributed by atoms with Crippen molar-refractivity contribution in [2.75, 3.05) is 0 Å². The minimum atomic E-state index is -0.432. The molecule has 0 aliphatic heterocycles. The molecule has 0 aromatic heterocycles. The molecule has 3 nitrogen and oxygen atoms in total. The summed E-state index contributed by atoms with van der Waals surface area (Å²) in [5, 5.41) is 21.5. The van der Waals surface area contributed by atoms with Gasteiger partial charge in [-0.15, -0.1) is 0 Å². The smallest absolute Gasteiger partial charge is 0.229 e. The molecule has 1 aliphatic rings. The summed E-state index contributed by atoms with van der Waals surface area (Å²) in [5.41, 5.74) is 2.00. The van der Waals surface area contributed by atoms with Gasteiger partial charge < -0.3 is 15.1 Å². The molecule has 0 heterocycles. The largest absolute Gasteiger partial charge is 0.392 e. The molecule has 0 spiro atoms. The van der Waals surface area contributed by atoms with Gasteiger partial charge in [0.2, 0.25) is 6.04 Å². The van der Waals surface area contributed by atoms with Gasteiger partial charge in [0, 0.05) is 23.7 Å². The molecule has 0 bridgehead atoms. The van der Waals surface area contributed by atoms with Gasteiger partial charge in [0.1, 0.15) is 0 Å². The van der Waals surface area contributed by atoms with Crippen LogP contribution in [0.2, 0.25) is 0 Å². The molecule has 1 aromatic carbocycles. The standard InChI is InChI=1S/C27H43NO2/c1-6-8-10-12-13-22-23(28-5)19-24(29)26(22)20-15-17-21(18-16-20)27(3,4)25(30)14-11-9-7-2/h15-18,22-26,29-30H,6-14,19H2,1-4H3/t22?,23-,24-,25?,26?/m1/s1. The van der Waals surface area contributed by atoms with Gasteiger partial charge in [-0.2, -0.15) is 0 Å². The van der Waals surface area contributed by atoms with Crippen LogP contribution < -0.4 is 0 Å². The van der Waals surface area contributed by atoms with Crippen molar-refractivity contribution >= 4 is 0 Å². The fraction of sp³-hybridized carbons (Fsp3) is 0.741. The molecular weight excluding hydrogens is 370 g/mol. The zero-order valence-corrected chi connectivity index (χ0v) is 19.6. The third-order valence-corrected chi connectivity index (χ3v) is 7.36. The fourth-order valence-electron chi connectivity index (χ4n) is 5.17. The molecule has 2 N–H and O–H groups in total. The molecule has 0 radical (unpaired) electrons. The highest BCUT2D eigenvalue weighted by Gasteiger charge is 2.46. The first kappa shape index (κ1) is 24.9. The topological polar surface area (TPSA) is 44.8 Å². The van der Waals surface area contributed by atoms with Crippen LogP contribution in [0.15, 0.2) is 24.3 Å². The lowest BCUT2D eigenvalue weighted by molar-refractivity contribution is 0.0885. The molecule has 1 aliphatic carbocycles. The van der Waals surface area contributed by atoms with Crippen LogP contribution in [0.3, 0.4) is 0 Å². The molecule has 3 unspecified atom stereocenters. The Morgan fingerprint density at radius 1 is 1.03 bits per heavy atom. The average molecular weight is 414 g/mol. The lowest BCUT2D eigenvalue weighted by Gasteiger charge is -2.32. The number of aliphatic hydroxyl groups excluding tert-OH is 2. The number of nitrogens with zero attached hydrogens (tertiary/aromatic N) is 1. The van der Waals surface area contributed by atoms with Gasteiger partial charge in [-0.3, -0.25) is 0 Å². The molecule has 1 fully saturated rings. The van der Waals surface area contributed by atoms with Crippen molar-refractivity contribution in [3.63, 3.8) is 0 Å². The van der Waals surface area contributed by atoms with Crippen molar-refractivity contribution < 1.29 is 10.2 Å². The zero-order chi connectivity index (χ0) is 22.1. The molecule has 0 saturated heterocycles. The highest BCUT2D eigenvalue weighted by molar-refractivity contribution is 5.33. The first-order chi connectivity index (χ1) is 14.4. The maximum Gasteiger partial charge on any atom is 0.229 e. The Morgan fingerprint density at radius 3 is 2.27 bits per heavy atom. The molecule has 30 heavy (non-hydrogen) atoms. The van der Waals surface area contributed by atoms with Crippen LogP contribution in [0.1, 0.15) is 109 Å². The van der Waals surface area contributed by atoms with Crippen molar-refractivity contribution in [2.24, 2.45) is 5.92 Å². The monoisotopic (exact) mass is 413 g/mol. The number of benzene rings is 1. The Hall–Kier alpha value is -1.37. The number of rotatable bonds is 12. The highest BCUT2D eigenvalue weighted by Crippen LogP contribution is 2.45. The van der Waals surface area contributed by atoms with Crippen molar-refractivity contribution in [3.8, 4) is 0 Å². The van der Waals surface area contributed by atoms with E-state index < -0.39 is 6.10 Å². The van der Waals surface area contributed by atoms with Gasteiger partial charge >= 0.3 is 0 Å². The summed E-state index contributed by atoms with van der Waals surface area (Å²) in [5.74, 6) is 0.296. The van der Waals surface area contributed by atoms with Gasteiger partial charge in [-0.25, -0.2) is 6.57 Å². The first-order valence-electron chi connectivity index (χ1n) is 12.2. The van der Waals surface area contributed by atoms with E-state index in [9.17, 15) is 10.2 Å². The summed E-state index contributed by atoms with van der Waals surface area (Å²) < 4.78 is 0. The number of aliphatic hydroxyl groups is 2. The molecule has 1 aromatic rings. The van der Waals surface area contributed by atoms with Gasteiger partial charge in [0.05, 0.1) is 12.2 Å². The molecule has 1 saturated carbocycles. The quantitative estimate of drug-likeness (QED) is 0.298. The Kier molecular flexibility index (Phi) is 9.85. The molecule has 0 amide bonds. The van der Waals surface area contributed by atoms with Gasteiger partial charge in [-0.1, -0.05) is 96.9 Å². The second-order valence-corrected chi connectivity index (χ2v) is 9.89. The van der Waals surface area contributed by atoms with Crippen LogP contribution in [0.4, 0.5) is 0 Å². The van der Waals surface area contributed by atoms with E-state index in [4.69, 9.17) is 6.57 Å². The summed E-state index contributed by atoms with van der Waals surface area (Å²) in [6, 6.07) is 8.46. The molecular formula is C27H43NO2. The number of unbranched alkanes of at least 4 members (excludes halogenated alkanes) is 5. The average Bonchev–Trinajstić information content (AvgIpc) is 3.06. The summed E-state index contributed by atoms with van der Waals surface area (Å²) in [4.78, 5) is 3.87. The van der Waals surface area contributed by atoms with E-state index in [1.165, 1.54) is 19.3 Å². The van der Waals surface area contributed by atoms with Gasteiger partial charge in [-0.05, 0) is 24.0 Å². The van der Waals surface area contributed by atoms with Crippen LogP contribution in [0.5, 0.6) is 0 Å². The third kappa shape index (κ3) is 6.08. The molecule has 3 heteroatoms. The summed E-state index contributed by atoms with van der Waals surface area (Å²) >= 11 is 0. The van der Waals surface area contributed by atoms with Crippen molar-refractivity contribution in [3.05, 3.63) is 46.8 Å². The van der Waals surface area contributed by atoms with E-state index in [0.717, 1.165) is 49.7 Å². The predicted octanol–water partition coefficient (Wildman–Crippen LogP) is 6.63. The Balaban J connectivity index is 2.13. The van der Waals surface area contributed by atoms with E-state index in [1.807, 2.05) is 0 Å². The Labute approximate surface area is 184 Å². The molecule has 5 atom stereocenters. The second kappa shape index (κ2) is 11.9. The summed E-state index contributed by atoms with van der Waals surface area (Å²) in [7, 11) is 0. The van der Waals surface area contributed by atoms with Crippen LogP contribution >= 0.6 is 0 Å². The van der Waals surface area contributed by atoms with Crippen LogP contribution in [-0.4, -0.2) is 28.5 Å². The van der Waals surface area contributed by atoms with E-state index in [2.05, 4.69) is 56.8 Å². The van der Waals surface area contributed by atoms with Crippen molar-refractivity contribution in [1.29, 1.82) is 0 Å². The van der Waals surface area contributed by atoms with E-state index in [1.54, 1.807) is 0 Å². The maximum atomic E-state index is 10.8. The number of hydrogen-bond acceptors (Lipinski definition) is 2. The van der Waals surface area contributed by atoms with Crippen molar-refractivity contribution in [1.82, 2.24) is 0 Å². The number of hydrogen-bond donors (Lipinski definition) is 2. The first-order valence-corrected chi connectivity index (χ1v) is 12.2. The minimum absolute atomic E-state index is 0.0531. The maximum absolute atomic E-state index is 10.8. The highest BCUT2D eigenvalue weighted by atomic mass is 16.3. The predicted molar refractivity (Wildman–Crippen MR) is 126 cm³/mol. The van der Waals surface area contributed by atoms with Gasteiger partial charge in [0.25, 0.3) is 0 Å². The Morgan fingerprint density at radius 2 is 1.67 bits per heavy atom. The fourth-order valence-corrected chi connectivity index (χ4v) is 5.17. The third-order valence-electron chi connectivity index (χ3n) is 7.36. The normalized spacial score (nSPS) is 25.2. The molecule has 168 valence electrons. The minimum Gasteiger partial charge on any atom is -0.392 e. The SMILES string of the molecule is [C-]#[N+][C@@H]1C[C@@H](O)C(c2ccc(C(C)(C)C(O)CCCCC)cc2)C1CCCCCC.